The number of nitrogens with zero attached hydrogens (tertiary/aromatic N) is 2. The highest BCUT2D eigenvalue weighted by Gasteiger charge is 2.26. The smallest absolute Gasteiger partial charge is 0.270 e. The number of hydrogen-bond acceptors (Lipinski definition) is 3. The van der Waals surface area contributed by atoms with Crippen molar-refractivity contribution in [3.05, 3.63) is 36.0 Å². The standard InChI is InChI=1S/C24H34N4O2/c1-18-6-4-5-12-27(18)15-11-25-23(29)16-19-9-13-28(14-10-19)24(30)22-17-20-7-2-3-8-21(20)26-22/h2-3,7-8,17-19,26H,4-6,9-16H2,1H3,(H,25,29)/t18-/m1/s1. The van der Waals surface area contributed by atoms with Crippen LogP contribution < -0.4 is 5.32 Å². The van der Waals surface area contributed by atoms with E-state index in [0.29, 0.717) is 24.1 Å². The van der Waals surface area contributed by atoms with Gasteiger partial charge in [0.05, 0.1) is 0 Å². The number of H-pyrrole nitrogens is 1. The molecule has 0 bridgehead atoms. The van der Waals surface area contributed by atoms with Crippen molar-refractivity contribution in [3.63, 3.8) is 0 Å². The Morgan fingerprint density at radius 2 is 1.90 bits per heavy atom. The van der Waals surface area contributed by atoms with Gasteiger partial charge in [-0.15, -0.1) is 0 Å². The molecule has 0 aliphatic carbocycles. The number of para-hydroxylation sites is 1. The highest BCUT2D eigenvalue weighted by Crippen LogP contribution is 2.23. The summed E-state index contributed by atoms with van der Waals surface area (Å²) in [4.78, 5) is 32.8. The highest BCUT2D eigenvalue weighted by molar-refractivity contribution is 5.98. The van der Waals surface area contributed by atoms with Crippen molar-refractivity contribution >= 4 is 22.7 Å². The average Bonchev–Trinajstić information content (AvgIpc) is 3.19. The van der Waals surface area contributed by atoms with Crippen molar-refractivity contribution in [1.82, 2.24) is 20.1 Å². The van der Waals surface area contributed by atoms with Gasteiger partial charge in [-0.05, 0) is 57.2 Å². The zero-order valence-electron chi connectivity index (χ0n) is 18.0. The van der Waals surface area contributed by atoms with Gasteiger partial charge in [-0.2, -0.15) is 0 Å². The van der Waals surface area contributed by atoms with Gasteiger partial charge in [0, 0.05) is 49.5 Å². The van der Waals surface area contributed by atoms with E-state index in [-0.39, 0.29) is 11.8 Å². The van der Waals surface area contributed by atoms with Crippen LogP contribution in [0.15, 0.2) is 30.3 Å². The second-order valence-electron chi connectivity index (χ2n) is 8.94. The number of aromatic amines is 1. The van der Waals surface area contributed by atoms with E-state index in [1.54, 1.807) is 0 Å². The molecular formula is C24H34N4O2. The second-order valence-corrected chi connectivity index (χ2v) is 8.94. The molecule has 2 N–H and O–H groups in total. The number of aromatic nitrogens is 1. The SMILES string of the molecule is C[C@@H]1CCCCN1CCNC(=O)CC1CCN(C(=O)c2cc3ccccc3[nH]2)CC1. The zero-order valence-corrected chi connectivity index (χ0v) is 18.0. The summed E-state index contributed by atoms with van der Waals surface area (Å²) in [5.41, 5.74) is 1.64. The number of carbonyl (C=O) groups excluding carboxylic acids is 2. The molecule has 0 saturated carbocycles. The Kier molecular flexibility index (Phi) is 6.72. The first-order valence-corrected chi connectivity index (χ1v) is 11.5. The summed E-state index contributed by atoms with van der Waals surface area (Å²) in [6, 6.07) is 10.5. The number of hydrogen-bond donors (Lipinski definition) is 2. The molecule has 0 spiro atoms. The third-order valence-corrected chi connectivity index (χ3v) is 6.80. The minimum atomic E-state index is 0.0600. The number of benzene rings is 1. The Morgan fingerprint density at radius 3 is 2.67 bits per heavy atom. The molecule has 6 nitrogen and oxygen atoms in total. The van der Waals surface area contributed by atoms with Crippen LogP contribution >= 0.6 is 0 Å². The first kappa shape index (κ1) is 20.9. The predicted molar refractivity (Wildman–Crippen MR) is 119 cm³/mol. The molecule has 0 unspecified atom stereocenters. The fourth-order valence-electron chi connectivity index (χ4n) is 4.86. The maximum absolute atomic E-state index is 12.8. The largest absolute Gasteiger partial charge is 0.355 e. The summed E-state index contributed by atoms with van der Waals surface area (Å²) in [6.07, 6.45) is 6.22. The van der Waals surface area contributed by atoms with E-state index in [9.17, 15) is 9.59 Å². The Morgan fingerprint density at radius 1 is 1.10 bits per heavy atom. The quantitative estimate of drug-likeness (QED) is 0.767. The fraction of sp³-hybridized carbons (Fsp3) is 0.583. The van der Waals surface area contributed by atoms with Gasteiger partial charge in [-0.1, -0.05) is 24.6 Å². The van der Waals surface area contributed by atoms with Crippen LogP contribution in [0.1, 0.15) is 55.9 Å². The maximum Gasteiger partial charge on any atom is 0.270 e. The molecule has 2 aromatic rings. The average molecular weight is 411 g/mol. The number of fused-ring (bicyclic) bond motifs is 1. The normalized spacial score (nSPS) is 21.1. The van der Waals surface area contributed by atoms with E-state index in [0.717, 1.165) is 56.5 Å². The van der Waals surface area contributed by atoms with Crippen LogP contribution in [0.4, 0.5) is 0 Å². The van der Waals surface area contributed by atoms with Gasteiger partial charge < -0.3 is 15.2 Å². The molecule has 1 aromatic heterocycles. The van der Waals surface area contributed by atoms with Crippen LogP contribution in [0.3, 0.4) is 0 Å². The first-order valence-electron chi connectivity index (χ1n) is 11.5. The van der Waals surface area contributed by atoms with Crippen molar-refractivity contribution in [2.45, 2.75) is 51.5 Å². The Labute approximate surface area is 179 Å². The van der Waals surface area contributed by atoms with Gasteiger partial charge in [0.1, 0.15) is 5.69 Å². The van der Waals surface area contributed by atoms with Gasteiger partial charge in [0.25, 0.3) is 5.91 Å². The first-order chi connectivity index (χ1) is 14.6. The molecule has 3 heterocycles. The molecular weight excluding hydrogens is 376 g/mol. The third-order valence-electron chi connectivity index (χ3n) is 6.80. The monoisotopic (exact) mass is 410 g/mol. The molecule has 6 heteroatoms. The number of nitrogens with one attached hydrogen (secondary N) is 2. The summed E-state index contributed by atoms with van der Waals surface area (Å²) in [5.74, 6) is 0.579. The van der Waals surface area contributed by atoms with Gasteiger partial charge >= 0.3 is 0 Å². The van der Waals surface area contributed by atoms with Crippen molar-refractivity contribution in [3.8, 4) is 0 Å². The molecule has 1 aromatic carbocycles. The summed E-state index contributed by atoms with van der Waals surface area (Å²) in [5, 5.41) is 4.17. The van der Waals surface area contributed by atoms with Crippen LogP contribution in [0.2, 0.25) is 0 Å². The maximum atomic E-state index is 12.8. The molecule has 1 atom stereocenters. The van der Waals surface area contributed by atoms with Crippen molar-refractivity contribution in [1.29, 1.82) is 0 Å². The van der Waals surface area contributed by atoms with Crippen LogP contribution in [-0.4, -0.2) is 65.4 Å². The lowest BCUT2D eigenvalue weighted by Crippen LogP contribution is -2.43. The van der Waals surface area contributed by atoms with Crippen molar-refractivity contribution in [2.75, 3.05) is 32.7 Å². The van der Waals surface area contributed by atoms with E-state index >= 15 is 0 Å². The van der Waals surface area contributed by atoms with Crippen LogP contribution in [0.5, 0.6) is 0 Å². The molecule has 4 rings (SSSR count). The van der Waals surface area contributed by atoms with Crippen LogP contribution in [0.25, 0.3) is 10.9 Å². The lowest BCUT2D eigenvalue weighted by atomic mass is 9.93. The van der Waals surface area contributed by atoms with Gasteiger partial charge in [-0.25, -0.2) is 0 Å². The van der Waals surface area contributed by atoms with Crippen molar-refractivity contribution in [2.24, 2.45) is 5.92 Å². The van der Waals surface area contributed by atoms with E-state index in [1.807, 2.05) is 35.2 Å². The molecule has 2 aliphatic rings. The van der Waals surface area contributed by atoms with Crippen LogP contribution in [0, 0.1) is 5.92 Å². The summed E-state index contributed by atoms with van der Waals surface area (Å²) in [6.45, 7) is 6.56. The Bertz CT molecular complexity index is 836. The van der Waals surface area contributed by atoms with E-state index in [2.05, 4.69) is 22.1 Å². The Hall–Kier alpha value is -2.34. The molecule has 30 heavy (non-hydrogen) atoms. The Balaban J connectivity index is 1.18. The zero-order chi connectivity index (χ0) is 20.9. The molecule has 162 valence electrons. The fourth-order valence-corrected chi connectivity index (χ4v) is 4.86. The number of amides is 2. The molecule has 0 radical (unpaired) electrons. The van der Waals surface area contributed by atoms with Gasteiger partial charge in [0.15, 0.2) is 0 Å². The predicted octanol–water partition coefficient (Wildman–Crippen LogP) is 3.40. The number of rotatable bonds is 6. The third kappa shape index (κ3) is 5.04. The second kappa shape index (κ2) is 9.65. The highest BCUT2D eigenvalue weighted by atomic mass is 16.2. The summed E-state index contributed by atoms with van der Waals surface area (Å²) >= 11 is 0. The lowest BCUT2D eigenvalue weighted by Gasteiger charge is -2.33. The van der Waals surface area contributed by atoms with Crippen molar-refractivity contribution < 1.29 is 9.59 Å². The molecule has 2 saturated heterocycles. The van der Waals surface area contributed by atoms with E-state index in [4.69, 9.17) is 0 Å². The molecule has 2 fully saturated rings. The lowest BCUT2D eigenvalue weighted by molar-refractivity contribution is -0.122. The number of likely N-dealkylation sites (tertiary alicyclic amines) is 2. The van der Waals surface area contributed by atoms with Gasteiger partial charge in [0.2, 0.25) is 5.91 Å². The number of carbonyl (C=O) groups is 2. The van der Waals surface area contributed by atoms with E-state index in [1.165, 1.54) is 19.3 Å². The number of piperidine rings is 2. The molecule has 2 amide bonds. The van der Waals surface area contributed by atoms with Gasteiger partial charge in [-0.3, -0.25) is 14.5 Å². The minimum Gasteiger partial charge on any atom is -0.355 e. The minimum absolute atomic E-state index is 0.0600. The van der Waals surface area contributed by atoms with Crippen LogP contribution in [-0.2, 0) is 4.79 Å². The molecule has 2 aliphatic heterocycles. The van der Waals surface area contributed by atoms with E-state index < -0.39 is 0 Å². The topological polar surface area (TPSA) is 68.4 Å². The summed E-state index contributed by atoms with van der Waals surface area (Å²) < 4.78 is 0. The summed E-state index contributed by atoms with van der Waals surface area (Å²) in [7, 11) is 0.